The van der Waals surface area contributed by atoms with E-state index in [9.17, 15) is 18.0 Å². The Labute approximate surface area is 171 Å². The largest absolute Gasteiger partial charge is 0.352 e. The third-order valence-corrected chi connectivity index (χ3v) is 6.06. The van der Waals surface area contributed by atoms with E-state index in [0.717, 1.165) is 9.87 Å². The van der Waals surface area contributed by atoms with E-state index >= 15 is 0 Å². The molecule has 0 unspecified atom stereocenters. The molecule has 0 saturated heterocycles. The van der Waals surface area contributed by atoms with Crippen molar-refractivity contribution in [2.24, 2.45) is 0 Å². The van der Waals surface area contributed by atoms with Crippen molar-refractivity contribution in [3.8, 4) is 0 Å². The molecule has 2 aromatic rings. The normalized spacial score (nSPS) is 11.1. The molecule has 2 rings (SSSR count). The SMILES string of the molecule is CN(C)S(=O)(=O)c1ccccc1CNC(=O)CCNC(=O)NCc1ccccc1. The Hall–Kier alpha value is -2.91. The second-order valence-corrected chi connectivity index (χ2v) is 8.64. The number of nitrogens with zero attached hydrogens (tertiary/aromatic N) is 1. The van der Waals surface area contributed by atoms with Crippen LogP contribution in [0.3, 0.4) is 0 Å². The first-order valence-electron chi connectivity index (χ1n) is 9.13. The molecule has 0 atom stereocenters. The monoisotopic (exact) mass is 418 g/mol. The Morgan fingerprint density at radius 2 is 1.52 bits per heavy atom. The lowest BCUT2D eigenvalue weighted by molar-refractivity contribution is -0.121. The fraction of sp³-hybridized carbons (Fsp3) is 0.300. The molecule has 9 heteroatoms. The van der Waals surface area contributed by atoms with Gasteiger partial charge in [0.05, 0.1) is 4.90 Å². The van der Waals surface area contributed by atoms with Crippen LogP contribution in [0.25, 0.3) is 0 Å². The van der Waals surface area contributed by atoms with Crippen molar-refractivity contribution in [3.63, 3.8) is 0 Å². The average Bonchev–Trinajstić information content (AvgIpc) is 2.71. The van der Waals surface area contributed by atoms with Gasteiger partial charge in [-0.2, -0.15) is 0 Å². The predicted molar refractivity (Wildman–Crippen MR) is 110 cm³/mol. The maximum absolute atomic E-state index is 12.4. The number of hydrogen-bond donors (Lipinski definition) is 3. The van der Waals surface area contributed by atoms with Crippen molar-refractivity contribution in [1.82, 2.24) is 20.3 Å². The second kappa shape index (κ2) is 10.6. The minimum atomic E-state index is -3.60. The molecule has 29 heavy (non-hydrogen) atoms. The van der Waals surface area contributed by atoms with Crippen molar-refractivity contribution in [3.05, 3.63) is 65.7 Å². The van der Waals surface area contributed by atoms with Crippen molar-refractivity contribution in [1.29, 1.82) is 0 Å². The van der Waals surface area contributed by atoms with E-state index in [-0.39, 0.29) is 36.3 Å². The highest BCUT2D eigenvalue weighted by Gasteiger charge is 2.20. The van der Waals surface area contributed by atoms with E-state index in [1.165, 1.54) is 20.2 Å². The van der Waals surface area contributed by atoms with Gasteiger partial charge in [-0.05, 0) is 17.2 Å². The first-order chi connectivity index (χ1) is 13.8. The quantitative estimate of drug-likeness (QED) is 0.573. The molecule has 0 radical (unpaired) electrons. The highest BCUT2D eigenvalue weighted by atomic mass is 32.2. The molecule has 0 aliphatic rings. The van der Waals surface area contributed by atoms with Gasteiger partial charge in [0.1, 0.15) is 0 Å². The molecular formula is C20H26N4O4S. The molecule has 0 aromatic heterocycles. The molecule has 0 bridgehead atoms. The van der Waals surface area contributed by atoms with Crippen molar-refractivity contribution >= 4 is 22.0 Å². The number of rotatable bonds is 9. The average molecular weight is 419 g/mol. The zero-order valence-corrected chi connectivity index (χ0v) is 17.3. The summed E-state index contributed by atoms with van der Waals surface area (Å²) in [5.41, 5.74) is 1.48. The van der Waals surface area contributed by atoms with Crippen LogP contribution in [-0.2, 0) is 27.9 Å². The first-order valence-corrected chi connectivity index (χ1v) is 10.6. The third kappa shape index (κ3) is 6.88. The maximum atomic E-state index is 12.4. The van der Waals surface area contributed by atoms with Crippen LogP contribution in [0.2, 0.25) is 0 Å². The van der Waals surface area contributed by atoms with Crippen molar-refractivity contribution in [2.45, 2.75) is 24.4 Å². The van der Waals surface area contributed by atoms with Gasteiger partial charge in [-0.15, -0.1) is 0 Å². The summed E-state index contributed by atoms with van der Waals surface area (Å²) in [5, 5.41) is 8.02. The smallest absolute Gasteiger partial charge is 0.315 e. The van der Waals surface area contributed by atoms with Crippen LogP contribution in [0.1, 0.15) is 17.5 Å². The summed E-state index contributed by atoms with van der Waals surface area (Å²) in [4.78, 5) is 24.0. The van der Waals surface area contributed by atoms with E-state index in [2.05, 4.69) is 16.0 Å². The molecule has 0 saturated carbocycles. The summed E-state index contributed by atoms with van der Waals surface area (Å²) in [5.74, 6) is -0.287. The van der Waals surface area contributed by atoms with Gasteiger partial charge in [-0.1, -0.05) is 48.5 Å². The Morgan fingerprint density at radius 1 is 0.862 bits per heavy atom. The Balaban J connectivity index is 1.76. The number of sulfonamides is 1. The van der Waals surface area contributed by atoms with Gasteiger partial charge in [-0.3, -0.25) is 4.79 Å². The Kier molecular flexibility index (Phi) is 8.17. The lowest BCUT2D eigenvalue weighted by Gasteiger charge is -2.15. The van der Waals surface area contributed by atoms with Gasteiger partial charge in [-0.25, -0.2) is 17.5 Å². The first kappa shape index (κ1) is 22.4. The van der Waals surface area contributed by atoms with Crippen LogP contribution in [-0.4, -0.2) is 45.3 Å². The molecule has 0 aliphatic heterocycles. The van der Waals surface area contributed by atoms with Gasteiger partial charge in [0.2, 0.25) is 15.9 Å². The molecular weight excluding hydrogens is 392 g/mol. The van der Waals surface area contributed by atoms with Crippen LogP contribution in [0, 0.1) is 0 Å². The van der Waals surface area contributed by atoms with Crippen LogP contribution < -0.4 is 16.0 Å². The van der Waals surface area contributed by atoms with E-state index in [0.29, 0.717) is 12.1 Å². The van der Waals surface area contributed by atoms with Crippen molar-refractivity contribution < 1.29 is 18.0 Å². The second-order valence-electron chi connectivity index (χ2n) is 6.52. The lowest BCUT2D eigenvalue weighted by atomic mass is 10.2. The zero-order valence-electron chi connectivity index (χ0n) is 16.5. The molecule has 0 aliphatic carbocycles. The molecule has 0 spiro atoms. The summed E-state index contributed by atoms with van der Waals surface area (Å²) >= 11 is 0. The molecule has 156 valence electrons. The van der Waals surface area contributed by atoms with E-state index < -0.39 is 10.0 Å². The number of hydrogen-bond acceptors (Lipinski definition) is 4. The number of urea groups is 1. The lowest BCUT2D eigenvalue weighted by Crippen LogP contribution is -2.37. The van der Waals surface area contributed by atoms with Gasteiger partial charge >= 0.3 is 6.03 Å². The predicted octanol–water partition coefficient (Wildman–Crippen LogP) is 1.44. The minimum absolute atomic E-state index is 0.0847. The fourth-order valence-corrected chi connectivity index (χ4v) is 3.63. The molecule has 2 aromatic carbocycles. The summed E-state index contributed by atoms with van der Waals surface area (Å²) < 4.78 is 25.9. The van der Waals surface area contributed by atoms with E-state index in [4.69, 9.17) is 0 Å². The highest BCUT2D eigenvalue weighted by Crippen LogP contribution is 2.18. The van der Waals surface area contributed by atoms with Crippen LogP contribution >= 0.6 is 0 Å². The van der Waals surface area contributed by atoms with E-state index in [1.54, 1.807) is 18.2 Å². The molecule has 3 amide bonds. The third-order valence-electron chi connectivity index (χ3n) is 4.14. The minimum Gasteiger partial charge on any atom is -0.352 e. The van der Waals surface area contributed by atoms with Crippen LogP contribution in [0.5, 0.6) is 0 Å². The summed E-state index contributed by atoms with van der Waals surface area (Å²) in [6.45, 7) is 0.655. The molecule has 3 N–H and O–H groups in total. The van der Waals surface area contributed by atoms with Crippen molar-refractivity contribution in [2.75, 3.05) is 20.6 Å². The zero-order chi connectivity index (χ0) is 21.3. The summed E-state index contributed by atoms with van der Waals surface area (Å²) in [6, 6.07) is 15.7. The number of carbonyl (C=O) groups excluding carboxylic acids is 2. The Bertz CT molecular complexity index is 931. The fourth-order valence-electron chi connectivity index (χ4n) is 2.51. The van der Waals surface area contributed by atoms with Gasteiger partial charge in [0.25, 0.3) is 0 Å². The molecule has 0 fully saturated rings. The van der Waals surface area contributed by atoms with Gasteiger partial charge in [0.15, 0.2) is 0 Å². The van der Waals surface area contributed by atoms with Crippen LogP contribution in [0.4, 0.5) is 4.79 Å². The Morgan fingerprint density at radius 3 is 2.21 bits per heavy atom. The summed E-state index contributed by atoms with van der Waals surface area (Å²) in [7, 11) is -0.681. The molecule has 8 nitrogen and oxygen atoms in total. The topological polar surface area (TPSA) is 108 Å². The number of carbonyl (C=O) groups is 2. The maximum Gasteiger partial charge on any atom is 0.315 e. The highest BCUT2D eigenvalue weighted by molar-refractivity contribution is 7.89. The number of nitrogens with one attached hydrogen (secondary N) is 3. The number of amides is 3. The number of benzene rings is 2. The van der Waals surface area contributed by atoms with E-state index in [1.807, 2.05) is 30.3 Å². The van der Waals surface area contributed by atoms with Crippen LogP contribution in [0.15, 0.2) is 59.5 Å². The van der Waals surface area contributed by atoms with Gasteiger partial charge < -0.3 is 16.0 Å². The summed E-state index contributed by atoms with van der Waals surface area (Å²) in [6.07, 6.45) is 0.0847. The molecule has 0 heterocycles. The van der Waals surface area contributed by atoms with Gasteiger partial charge in [0, 0.05) is 40.2 Å². The standard InChI is InChI=1S/C20H26N4O4S/c1-24(2)29(27,28)18-11-7-6-10-17(18)15-22-19(25)12-13-21-20(26)23-14-16-8-4-3-5-9-16/h3-11H,12-15H2,1-2H3,(H,22,25)(H2,21,23,26).